The van der Waals surface area contributed by atoms with E-state index >= 15 is 0 Å². The third kappa shape index (κ3) is 5.73. The summed E-state index contributed by atoms with van der Waals surface area (Å²) in [6.45, 7) is 3.65. The van der Waals surface area contributed by atoms with Gasteiger partial charge in [0.1, 0.15) is 0 Å². The van der Waals surface area contributed by atoms with Crippen LogP contribution in [0.1, 0.15) is 19.8 Å². The highest BCUT2D eigenvalue weighted by molar-refractivity contribution is 8.00. The summed E-state index contributed by atoms with van der Waals surface area (Å²) in [5.41, 5.74) is 1.08. The van der Waals surface area contributed by atoms with Crippen LogP contribution in [0.3, 0.4) is 0 Å². The van der Waals surface area contributed by atoms with E-state index in [9.17, 15) is 13.2 Å². The van der Waals surface area contributed by atoms with Crippen LogP contribution in [0, 0.1) is 0 Å². The van der Waals surface area contributed by atoms with Gasteiger partial charge in [0.15, 0.2) is 0 Å². The van der Waals surface area contributed by atoms with Crippen molar-refractivity contribution in [3.8, 4) is 0 Å². The lowest BCUT2D eigenvalue weighted by Gasteiger charge is -2.28. The normalized spacial score (nSPS) is 15.9. The SMILES string of the molecule is CC(=O)Nc1ccc(S(=O)(=O)Nc2ccc(SC3CCN(C)CC3)cc2)cc1. The fraction of sp³-hybridized carbons (Fsp3) is 0.350. The molecule has 1 saturated heterocycles. The Hall–Kier alpha value is -2.03. The van der Waals surface area contributed by atoms with E-state index in [0.717, 1.165) is 18.0 Å². The number of nitrogens with one attached hydrogen (secondary N) is 2. The van der Waals surface area contributed by atoms with Crippen molar-refractivity contribution < 1.29 is 13.2 Å². The molecule has 8 heteroatoms. The van der Waals surface area contributed by atoms with Crippen LogP contribution in [0.4, 0.5) is 11.4 Å². The van der Waals surface area contributed by atoms with Crippen molar-refractivity contribution in [3.05, 3.63) is 48.5 Å². The zero-order valence-corrected chi connectivity index (χ0v) is 17.6. The molecule has 2 aromatic rings. The van der Waals surface area contributed by atoms with E-state index in [1.165, 1.54) is 31.9 Å². The van der Waals surface area contributed by atoms with E-state index in [2.05, 4.69) is 22.0 Å². The number of hydrogen-bond acceptors (Lipinski definition) is 5. The van der Waals surface area contributed by atoms with Crippen molar-refractivity contribution in [2.75, 3.05) is 30.2 Å². The maximum Gasteiger partial charge on any atom is 0.261 e. The molecule has 3 rings (SSSR count). The largest absolute Gasteiger partial charge is 0.326 e. The van der Waals surface area contributed by atoms with Gasteiger partial charge >= 0.3 is 0 Å². The fourth-order valence-electron chi connectivity index (χ4n) is 3.03. The number of anilines is 2. The summed E-state index contributed by atoms with van der Waals surface area (Å²) in [7, 11) is -1.53. The minimum Gasteiger partial charge on any atom is -0.326 e. The zero-order valence-electron chi connectivity index (χ0n) is 16.0. The quantitative estimate of drug-likeness (QED) is 0.748. The van der Waals surface area contributed by atoms with Crippen LogP contribution < -0.4 is 10.0 Å². The van der Waals surface area contributed by atoms with Gasteiger partial charge in [-0.1, -0.05) is 0 Å². The molecule has 0 atom stereocenters. The molecule has 0 aliphatic carbocycles. The Bertz CT molecular complexity index is 905. The summed E-state index contributed by atoms with van der Waals surface area (Å²) in [6.07, 6.45) is 2.34. The zero-order chi connectivity index (χ0) is 20.1. The highest BCUT2D eigenvalue weighted by Crippen LogP contribution is 2.31. The Morgan fingerprint density at radius 2 is 1.57 bits per heavy atom. The van der Waals surface area contributed by atoms with Crippen LogP contribution in [-0.4, -0.2) is 44.6 Å². The van der Waals surface area contributed by atoms with Gasteiger partial charge in [0.25, 0.3) is 10.0 Å². The molecular formula is C20H25N3O3S2. The Labute approximate surface area is 170 Å². The van der Waals surface area contributed by atoms with Gasteiger partial charge in [-0.2, -0.15) is 0 Å². The molecule has 0 saturated carbocycles. The Morgan fingerprint density at radius 3 is 2.14 bits per heavy atom. The summed E-state index contributed by atoms with van der Waals surface area (Å²) in [5, 5.41) is 3.23. The molecule has 2 aromatic carbocycles. The summed E-state index contributed by atoms with van der Waals surface area (Å²) < 4.78 is 27.7. The molecule has 1 aliphatic heterocycles. The maximum absolute atomic E-state index is 12.6. The second-order valence-electron chi connectivity index (χ2n) is 6.96. The van der Waals surface area contributed by atoms with Crippen LogP contribution in [-0.2, 0) is 14.8 Å². The number of likely N-dealkylation sites (tertiary alicyclic amines) is 1. The number of carbonyl (C=O) groups excluding carboxylic acids is 1. The number of benzene rings is 2. The van der Waals surface area contributed by atoms with E-state index in [0.29, 0.717) is 16.6 Å². The highest BCUT2D eigenvalue weighted by Gasteiger charge is 2.18. The van der Waals surface area contributed by atoms with Crippen molar-refractivity contribution in [1.29, 1.82) is 0 Å². The number of hydrogen-bond donors (Lipinski definition) is 2. The molecular weight excluding hydrogens is 394 g/mol. The number of rotatable bonds is 6. The number of nitrogens with zero attached hydrogens (tertiary/aromatic N) is 1. The molecule has 150 valence electrons. The topological polar surface area (TPSA) is 78.5 Å². The third-order valence-electron chi connectivity index (χ3n) is 4.56. The Kier molecular flexibility index (Phi) is 6.64. The van der Waals surface area contributed by atoms with Crippen LogP contribution in [0.15, 0.2) is 58.3 Å². The van der Waals surface area contributed by atoms with Crippen LogP contribution >= 0.6 is 11.8 Å². The number of piperidine rings is 1. The number of amides is 1. The predicted octanol–water partition coefficient (Wildman–Crippen LogP) is 3.63. The van der Waals surface area contributed by atoms with Gasteiger partial charge in [-0.05, 0) is 81.5 Å². The van der Waals surface area contributed by atoms with Crippen LogP contribution in [0.25, 0.3) is 0 Å². The smallest absolute Gasteiger partial charge is 0.261 e. The molecule has 6 nitrogen and oxygen atoms in total. The van der Waals surface area contributed by atoms with Crippen molar-refractivity contribution in [1.82, 2.24) is 4.90 Å². The highest BCUT2D eigenvalue weighted by atomic mass is 32.2. The number of thioether (sulfide) groups is 1. The lowest BCUT2D eigenvalue weighted by atomic mass is 10.1. The average Bonchev–Trinajstić information content (AvgIpc) is 2.65. The standard InChI is InChI=1S/C20H25N3O3S2/c1-15(24)21-16-5-9-20(10-6-16)28(25,26)22-17-3-7-18(8-4-17)27-19-11-13-23(2)14-12-19/h3-10,19,22H,11-14H2,1-2H3,(H,21,24). The van der Waals surface area contributed by atoms with Gasteiger partial charge in [-0.15, -0.1) is 11.8 Å². The van der Waals surface area contributed by atoms with Crippen molar-refractivity contribution in [3.63, 3.8) is 0 Å². The van der Waals surface area contributed by atoms with Crippen molar-refractivity contribution in [2.45, 2.75) is 34.8 Å². The number of sulfonamides is 1. The van der Waals surface area contributed by atoms with Gasteiger partial charge in [-0.3, -0.25) is 9.52 Å². The first-order valence-corrected chi connectivity index (χ1v) is 11.5. The second-order valence-corrected chi connectivity index (χ2v) is 10.0. The van der Waals surface area contributed by atoms with E-state index in [1.807, 2.05) is 23.9 Å². The first-order chi connectivity index (χ1) is 13.3. The minimum atomic E-state index is -3.68. The van der Waals surface area contributed by atoms with E-state index < -0.39 is 10.0 Å². The molecule has 2 N–H and O–H groups in total. The van der Waals surface area contributed by atoms with Gasteiger partial charge in [0, 0.05) is 28.4 Å². The van der Waals surface area contributed by atoms with Crippen molar-refractivity contribution in [2.24, 2.45) is 0 Å². The number of carbonyl (C=O) groups is 1. The first kappa shape index (κ1) is 20.7. The average molecular weight is 420 g/mol. The molecule has 28 heavy (non-hydrogen) atoms. The third-order valence-corrected chi connectivity index (χ3v) is 7.31. The molecule has 0 radical (unpaired) electrons. The van der Waals surface area contributed by atoms with Gasteiger partial charge in [0.2, 0.25) is 5.91 Å². The molecule has 0 unspecified atom stereocenters. The molecule has 1 heterocycles. The molecule has 0 spiro atoms. The minimum absolute atomic E-state index is 0.145. The van der Waals surface area contributed by atoms with Gasteiger partial charge < -0.3 is 10.2 Å². The Balaban J connectivity index is 1.61. The molecule has 1 amide bonds. The van der Waals surface area contributed by atoms with Crippen LogP contribution in [0.2, 0.25) is 0 Å². The molecule has 0 bridgehead atoms. The van der Waals surface area contributed by atoms with Crippen molar-refractivity contribution >= 4 is 39.1 Å². The molecule has 1 fully saturated rings. The molecule has 1 aliphatic rings. The van der Waals surface area contributed by atoms with E-state index in [-0.39, 0.29) is 10.8 Å². The van der Waals surface area contributed by atoms with Crippen LogP contribution in [0.5, 0.6) is 0 Å². The summed E-state index contributed by atoms with van der Waals surface area (Å²) in [6, 6.07) is 13.6. The lowest BCUT2D eigenvalue weighted by Crippen LogP contribution is -2.31. The second kappa shape index (κ2) is 8.98. The maximum atomic E-state index is 12.6. The fourth-order valence-corrected chi connectivity index (χ4v) is 5.21. The predicted molar refractivity (Wildman–Crippen MR) is 114 cm³/mol. The first-order valence-electron chi connectivity index (χ1n) is 9.17. The molecule has 0 aromatic heterocycles. The summed E-state index contributed by atoms with van der Waals surface area (Å²) >= 11 is 1.86. The summed E-state index contributed by atoms with van der Waals surface area (Å²) in [5.74, 6) is -0.202. The van der Waals surface area contributed by atoms with E-state index in [4.69, 9.17) is 0 Å². The summed E-state index contributed by atoms with van der Waals surface area (Å²) in [4.78, 5) is 14.7. The lowest BCUT2D eigenvalue weighted by molar-refractivity contribution is -0.114. The monoisotopic (exact) mass is 419 g/mol. The van der Waals surface area contributed by atoms with Gasteiger partial charge in [-0.25, -0.2) is 8.42 Å². The Morgan fingerprint density at radius 1 is 1.00 bits per heavy atom. The van der Waals surface area contributed by atoms with Gasteiger partial charge in [0.05, 0.1) is 4.90 Å². The van der Waals surface area contributed by atoms with E-state index in [1.54, 1.807) is 24.3 Å².